The molecule has 0 saturated carbocycles. The molecule has 0 unspecified atom stereocenters. The number of nitrogens with one attached hydrogen (secondary N) is 1. The lowest BCUT2D eigenvalue weighted by atomic mass is 10.1. The maximum absolute atomic E-state index is 6.18. The highest BCUT2D eigenvalue weighted by atomic mass is 16.5. The van der Waals surface area contributed by atoms with E-state index in [1.54, 1.807) is 42.9 Å². The average molecular weight is 487 g/mol. The van der Waals surface area contributed by atoms with Crippen LogP contribution >= 0.6 is 0 Å². The van der Waals surface area contributed by atoms with Crippen molar-refractivity contribution in [2.75, 3.05) is 37.1 Å². The summed E-state index contributed by atoms with van der Waals surface area (Å²) < 4.78 is 12.3. The van der Waals surface area contributed by atoms with Gasteiger partial charge < -0.3 is 26.3 Å². The Bertz CT molecular complexity index is 1540. The third-order valence-electron chi connectivity index (χ3n) is 4.98. The van der Waals surface area contributed by atoms with E-state index in [4.69, 9.17) is 25.9 Å². The number of hydrogen-bond acceptors (Lipinski definition) is 13. The van der Waals surface area contributed by atoms with Crippen LogP contribution in [-0.2, 0) is 4.74 Å². The monoisotopic (exact) mass is 486 g/mol. The van der Waals surface area contributed by atoms with Crippen molar-refractivity contribution < 1.29 is 9.47 Å². The van der Waals surface area contributed by atoms with Gasteiger partial charge in [0.1, 0.15) is 41.1 Å². The highest BCUT2D eigenvalue weighted by molar-refractivity contribution is 5.84. The Balaban J connectivity index is 1.57. The molecule has 0 amide bonds. The fraction of sp³-hybridized carbons (Fsp3) is 0.182. The van der Waals surface area contributed by atoms with Gasteiger partial charge in [-0.2, -0.15) is 10.2 Å². The second kappa shape index (κ2) is 9.71. The molecule has 0 bridgehead atoms. The molecule has 5 N–H and O–H groups in total. The summed E-state index contributed by atoms with van der Waals surface area (Å²) in [4.78, 5) is 22.1. The number of methoxy groups -OCH3 is 1. The number of fused-ring (bicyclic) bond motifs is 1. The summed E-state index contributed by atoms with van der Waals surface area (Å²) >= 11 is 0. The fourth-order valence-electron chi connectivity index (χ4n) is 3.49. The zero-order chi connectivity index (χ0) is 25.1. The molecule has 36 heavy (non-hydrogen) atoms. The first-order valence-corrected chi connectivity index (χ1v) is 10.8. The molecule has 14 heteroatoms. The minimum absolute atomic E-state index is 0.0718. The summed E-state index contributed by atoms with van der Waals surface area (Å²) in [6.07, 6.45) is 4.61. The number of nitrogen functional groups attached to an aromatic ring is 2. The van der Waals surface area contributed by atoms with E-state index in [0.717, 1.165) is 0 Å². The molecule has 5 aromatic rings. The lowest BCUT2D eigenvalue weighted by Crippen LogP contribution is -2.06. The molecule has 0 atom stereocenters. The molecule has 0 fully saturated rings. The van der Waals surface area contributed by atoms with Crippen molar-refractivity contribution >= 4 is 28.9 Å². The van der Waals surface area contributed by atoms with Crippen LogP contribution in [0.2, 0.25) is 0 Å². The Morgan fingerprint density at radius 3 is 2.75 bits per heavy atom. The molecule has 0 aliphatic carbocycles. The van der Waals surface area contributed by atoms with E-state index in [1.807, 2.05) is 6.07 Å². The molecule has 5 rings (SSSR count). The van der Waals surface area contributed by atoms with Gasteiger partial charge in [0, 0.05) is 25.4 Å². The van der Waals surface area contributed by atoms with Crippen LogP contribution in [0.5, 0.6) is 5.75 Å². The maximum atomic E-state index is 6.18. The molecule has 5 aromatic heterocycles. The van der Waals surface area contributed by atoms with Crippen molar-refractivity contribution in [2.45, 2.75) is 6.92 Å². The highest BCUT2D eigenvalue weighted by Gasteiger charge is 2.22. The third-order valence-corrected chi connectivity index (χ3v) is 4.98. The molecular weight excluding hydrogens is 464 g/mol. The number of ether oxygens (including phenoxy) is 2. The van der Waals surface area contributed by atoms with Crippen LogP contribution in [-0.4, -0.2) is 65.1 Å². The van der Waals surface area contributed by atoms with E-state index in [-0.39, 0.29) is 5.95 Å². The van der Waals surface area contributed by atoms with Gasteiger partial charge in [-0.15, -0.1) is 5.10 Å². The number of nitrogens with zero attached hydrogens (tertiary/aromatic N) is 9. The van der Waals surface area contributed by atoms with E-state index >= 15 is 0 Å². The number of anilines is 4. The number of rotatable bonds is 8. The summed E-state index contributed by atoms with van der Waals surface area (Å²) in [7, 11) is 1.61. The Labute approximate surface area is 204 Å². The first-order chi connectivity index (χ1) is 17.5. The molecule has 0 aliphatic rings. The molecule has 0 aromatic carbocycles. The molecule has 5 heterocycles. The van der Waals surface area contributed by atoms with E-state index in [9.17, 15) is 0 Å². The summed E-state index contributed by atoms with van der Waals surface area (Å²) in [5, 5.41) is 15.7. The van der Waals surface area contributed by atoms with Crippen molar-refractivity contribution in [3.8, 4) is 28.5 Å². The zero-order valence-electron chi connectivity index (χ0n) is 19.5. The second-order valence-electron chi connectivity index (χ2n) is 7.56. The summed E-state index contributed by atoms with van der Waals surface area (Å²) in [6.45, 7) is 2.62. The van der Waals surface area contributed by atoms with E-state index in [0.29, 0.717) is 70.5 Å². The lowest BCUT2D eigenvalue weighted by molar-refractivity contribution is 0.146. The maximum Gasteiger partial charge on any atom is 0.220 e. The van der Waals surface area contributed by atoms with Gasteiger partial charge in [-0.05, 0) is 19.1 Å². The number of aryl methyl sites for hydroxylation is 1. The summed E-state index contributed by atoms with van der Waals surface area (Å²) in [5.74, 6) is 2.04. The van der Waals surface area contributed by atoms with E-state index in [1.165, 1.54) is 12.4 Å². The topological polar surface area (TPSA) is 190 Å². The molecule has 0 saturated heterocycles. The minimum Gasteiger partial charge on any atom is -0.489 e. The first-order valence-electron chi connectivity index (χ1n) is 10.8. The molecule has 0 aliphatic heterocycles. The fourth-order valence-corrected chi connectivity index (χ4v) is 3.49. The van der Waals surface area contributed by atoms with Gasteiger partial charge in [0.05, 0.1) is 30.4 Å². The lowest BCUT2D eigenvalue weighted by Gasteiger charge is -2.10. The van der Waals surface area contributed by atoms with Crippen LogP contribution in [0.25, 0.3) is 28.4 Å². The Morgan fingerprint density at radius 2 is 1.89 bits per heavy atom. The van der Waals surface area contributed by atoms with Crippen molar-refractivity contribution in [2.24, 2.45) is 0 Å². The summed E-state index contributed by atoms with van der Waals surface area (Å²) in [5.41, 5.74) is 14.8. The standard InChI is InChI=1S/C22H22N12O2/c1-12-28-15(9-16(29-12)30-17-8-13(10-26-33-17)36-7-6-35-2)21-20(19-14(23)11-25-22(24)32-19)31-18-4-3-5-27-34(18)21/h3-5,8-11H,6-7,23H2,1-2H3,(H2,24,25,32)(H,28,29,30,33). The molecule has 14 nitrogen and oxygen atoms in total. The van der Waals surface area contributed by atoms with E-state index in [2.05, 4.69) is 40.5 Å². The number of aromatic nitrogens is 9. The van der Waals surface area contributed by atoms with Gasteiger partial charge in [-0.1, -0.05) is 0 Å². The van der Waals surface area contributed by atoms with Gasteiger partial charge in [-0.25, -0.2) is 29.4 Å². The average Bonchev–Trinajstić information content (AvgIpc) is 3.25. The second-order valence-corrected chi connectivity index (χ2v) is 7.56. The van der Waals surface area contributed by atoms with Crippen LogP contribution in [0.3, 0.4) is 0 Å². The molecule has 182 valence electrons. The highest BCUT2D eigenvalue weighted by Crippen LogP contribution is 2.34. The van der Waals surface area contributed by atoms with E-state index < -0.39 is 0 Å². The minimum atomic E-state index is 0.0718. The number of imidazole rings is 1. The molecule has 0 spiro atoms. The van der Waals surface area contributed by atoms with Gasteiger partial charge in [0.25, 0.3) is 0 Å². The quantitative estimate of drug-likeness (QED) is 0.269. The van der Waals surface area contributed by atoms with Crippen LogP contribution in [0.15, 0.2) is 42.9 Å². The summed E-state index contributed by atoms with van der Waals surface area (Å²) in [6, 6.07) is 7.06. The Kier molecular flexibility index (Phi) is 6.15. The molecule has 0 radical (unpaired) electrons. The first kappa shape index (κ1) is 22.8. The van der Waals surface area contributed by atoms with Crippen LogP contribution < -0.4 is 21.5 Å². The SMILES string of the molecule is COCCOc1cnnc(Nc2cc(-c3c(-c4nc(N)ncc4N)nc4cccnn34)nc(C)n2)c1. The van der Waals surface area contributed by atoms with Crippen molar-refractivity contribution in [3.05, 3.63) is 48.7 Å². The molecular formula is C22H22N12O2. The Morgan fingerprint density at radius 1 is 1.00 bits per heavy atom. The Hall–Kier alpha value is -4.98. The van der Waals surface area contributed by atoms with Crippen molar-refractivity contribution in [3.63, 3.8) is 0 Å². The van der Waals surface area contributed by atoms with Crippen LogP contribution in [0.4, 0.5) is 23.3 Å². The predicted molar refractivity (Wildman–Crippen MR) is 131 cm³/mol. The van der Waals surface area contributed by atoms with Crippen LogP contribution in [0, 0.1) is 6.92 Å². The normalized spacial score (nSPS) is 11.1. The largest absolute Gasteiger partial charge is 0.489 e. The predicted octanol–water partition coefficient (Wildman–Crippen LogP) is 1.67. The van der Waals surface area contributed by atoms with Gasteiger partial charge in [0.15, 0.2) is 11.5 Å². The number of nitrogens with two attached hydrogens (primary N) is 2. The smallest absolute Gasteiger partial charge is 0.220 e. The van der Waals surface area contributed by atoms with Gasteiger partial charge >= 0.3 is 0 Å². The van der Waals surface area contributed by atoms with Gasteiger partial charge in [0.2, 0.25) is 5.95 Å². The number of hydrogen-bond donors (Lipinski definition) is 3. The zero-order valence-corrected chi connectivity index (χ0v) is 19.5. The van der Waals surface area contributed by atoms with Crippen molar-refractivity contribution in [1.82, 2.24) is 44.7 Å². The van der Waals surface area contributed by atoms with Crippen molar-refractivity contribution in [1.29, 1.82) is 0 Å². The van der Waals surface area contributed by atoms with Crippen LogP contribution in [0.1, 0.15) is 5.82 Å². The van der Waals surface area contributed by atoms with Gasteiger partial charge in [-0.3, -0.25) is 0 Å². The third kappa shape index (κ3) is 4.65.